The van der Waals surface area contributed by atoms with Crippen molar-refractivity contribution in [3.05, 3.63) is 108 Å². The Balaban J connectivity index is 1.24. The summed E-state index contributed by atoms with van der Waals surface area (Å²) in [5.41, 5.74) is 1.92. The number of anilines is 10. The van der Waals surface area contributed by atoms with Crippen LogP contribution in [0.1, 0.15) is 51.7 Å². The third kappa shape index (κ3) is 15.4. The highest BCUT2D eigenvalue weighted by atomic mass is 32.2. The van der Waals surface area contributed by atoms with Crippen LogP contribution in [0.5, 0.6) is 0 Å². The quantitative estimate of drug-likeness (QED) is 0.0145. The van der Waals surface area contributed by atoms with Crippen LogP contribution >= 0.6 is 0 Å². The first-order valence-electron chi connectivity index (χ1n) is 22.3. The summed E-state index contributed by atoms with van der Waals surface area (Å²) in [5, 5.41) is 18.8. The molecule has 0 bridgehead atoms. The number of nitrogens with one attached hydrogen (secondary N) is 6. The molecule has 8 N–H and O–H groups in total. The van der Waals surface area contributed by atoms with Crippen LogP contribution in [0.4, 0.5) is 58.4 Å². The molecule has 0 aliphatic rings. The van der Waals surface area contributed by atoms with Gasteiger partial charge in [0.1, 0.15) is 9.79 Å². The molecule has 4 aromatic carbocycles. The first-order chi connectivity index (χ1) is 32.7. The van der Waals surface area contributed by atoms with E-state index in [0.29, 0.717) is 13.1 Å². The van der Waals surface area contributed by atoms with Gasteiger partial charge in [0, 0.05) is 35.8 Å². The van der Waals surface area contributed by atoms with E-state index in [1.54, 1.807) is 12.1 Å². The van der Waals surface area contributed by atoms with Crippen molar-refractivity contribution in [2.75, 3.05) is 84.3 Å². The summed E-state index contributed by atoms with van der Waals surface area (Å²) in [6.45, 7) is 15.1. The van der Waals surface area contributed by atoms with Crippen LogP contribution in [0.2, 0.25) is 0 Å². The molecule has 2 aromatic heterocycles. The van der Waals surface area contributed by atoms with Crippen molar-refractivity contribution >= 4 is 90.8 Å². The maximum Gasteiger partial charge on any atom is 0.295 e. The first-order valence-corrected chi connectivity index (χ1v) is 25.1. The molecule has 0 saturated heterocycles. The topological polar surface area (TPSA) is 265 Å². The minimum Gasteiger partial charge on any atom is -0.354 e. The van der Waals surface area contributed by atoms with Crippen LogP contribution in [-0.4, -0.2) is 118 Å². The molecule has 0 atom stereocenters. The van der Waals surface area contributed by atoms with Crippen LogP contribution in [0, 0.1) is 0 Å². The Kier molecular flexibility index (Phi) is 18.1. The van der Waals surface area contributed by atoms with Gasteiger partial charge in [0.25, 0.3) is 20.2 Å². The number of hydrogen-bond acceptors (Lipinski definition) is 18. The van der Waals surface area contributed by atoms with Crippen molar-refractivity contribution in [2.24, 2.45) is 0 Å². The van der Waals surface area contributed by atoms with Gasteiger partial charge in [-0.2, -0.15) is 46.7 Å². The zero-order valence-corrected chi connectivity index (χ0v) is 40.0. The molecule has 0 unspecified atom stereocenters. The molecule has 20 nitrogen and oxygen atoms in total. The molecule has 0 aliphatic carbocycles. The van der Waals surface area contributed by atoms with Gasteiger partial charge in [0.15, 0.2) is 0 Å². The van der Waals surface area contributed by atoms with E-state index in [0.717, 1.165) is 63.5 Å². The third-order valence-corrected chi connectivity index (χ3v) is 12.3. The molecule has 2 heterocycles. The maximum absolute atomic E-state index is 12.8. The average Bonchev–Trinajstić information content (AvgIpc) is 3.31. The molecule has 6 rings (SSSR count). The van der Waals surface area contributed by atoms with Gasteiger partial charge >= 0.3 is 0 Å². The van der Waals surface area contributed by atoms with Crippen LogP contribution in [0.25, 0.3) is 12.2 Å². The van der Waals surface area contributed by atoms with Crippen molar-refractivity contribution in [1.82, 2.24) is 39.7 Å². The molecule has 6 aromatic rings. The van der Waals surface area contributed by atoms with Gasteiger partial charge in [-0.05, 0) is 112 Å². The Hall–Kier alpha value is -6.82. The molecule has 0 aliphatic heterocycles. The van der Waals surface area contributed by atoms with Crippen molar-refractivity contribution in [1.29, 1.82) is 0 Å². The normalized spacial score (nSPS) is 11.8. The molecule has 0 amide bonds. The van der Waals surface area contributed by atoms with Crippen molar-refractivity contribution < 1.29 is 25.9 Å². The largest absolute Gasteiger partial charge is 0.354 e. The van der Waals surface area contributed by atoms with Gasteiger partial charge in [0.05, 0.1) is 0 Å². The van der Waals surface area contributed by atoms with Crippen molar-refractivity contribution in [3.63, 3.8) is 0 Å². The lowest BCUT2D eigenvalue weighted by Gasteiger charge is -2.18. The van der Waals surface area contributed by atoms with Gasteiger partial charge in [-0.15, -0.1) is 0 Å². The van der Waals surface area contributed by atoms with Crippen LogP contribution in [0.15, 0.2) is 107 Å². The number of aromatic nitrogens is 6. The molecule has 0 saturated carbocycles. The Morgan fingerprint density at radius 3 is 1.10 bits per heavy atom. The summed E-state index contributed by atoms with van der Waals surface area (Å²) in [6, 6.07) is 26.9. The minimum absolute atomic E-state index is 0.0138. The number of rotatable bonds is 26. The van der Waals surface area contributed by atoms with Gasteiger partial charge in [0.2, 0.25) is 35.7 Å². The second-order valence-electron chi connectivity index (χ2n) is 15.2. The monoisotopic (exact) mass is 966 g/mol. The van der Waals surface area contributed by atoms with E-state index in [9.17, 15) is 25.9 Å². The van der Waals surface area contributed by atoms with E-state index in [1.165, 1.54) is 36.4 Å². The summed E-state index contributed by atoms with van der Waals surface area (Å²) in [6.07, 6.45) is 4.28. The van der Waals surface area contributed by atoms with Gasteiger partial charge < -0.3 is 41.7 Å². The van der Waals surface area contributed by atoms with Crippen LogP contribution in [-0.2, 0) is 20.2 Å². The lowest BCUT2D eigenvalue weighted by atomic mass is 10.1. The Labute approximate surface area is 397 Å². The second-order valence-corrected chi connectivity index (χ2v) is 18.0. The molecule has 68 heavy (non-hydrogen) atoms. The highest BCUT2D eigenvalue weighted by molar-refractivity contribution is 7.86. The number of para-hydroxylation sites is 2. The van der Waals surface area contributed by atoms with Gasteiger partial charge in [-0.3, -0.25) is 9.11 Å². The predicted octanol–water partition coefficient (Wildman–Crippen LogP) is 7.98. The molecular weight excluding hydrogens is 909 g/mol. The number of nitrogens with zero attached hydrogens (tertiary/aromatic N) is 8. The molecule has 360 valence electrons. The highest BCUT2D eigenvalue weighted by Crippen LogP contribution is 2.29. The maximum atomic E-state index is 12.8. The fourth-order valence-corrected chi connectivity index (χ4v) is 8.32. The Bertz CT molecular complexity index is 2640. The van der Waals surface area contributed by atoms with Crippen molar-refractivity contribution in [3.8, 4) is 0 Å². The number of hydrogen-bond donors (Lipinski definition) is 8. The molecule has 0 radical (unpaired) electrons. The van der Waals surface area contributed by atoms with E-state index in [2.05, 4.69) is 99.3 Å². The number of benzene rings is 4. The Morgan fingerprint density at radius 1 is 0.456 bits per heavy atom. The Morgan fingerprint density at radius 2 is 0.779 bits per heavy atom. The lowest BCUT2D eigenvalue weighted by molar-refractivity contribution is 0.303. The van der Waals surface area contributed by atoms with E-state index in [-0.39, 0.29) is 58.2 Å². The van der Waals surface area contributed by atoms with Gasteiger partial charge in [-0.1, -0.05) is 88.4 Å². The molecule has 22 heteroatoms. The summed E-state index contributed by atoms with van der Waals surface area (Å²) >= 11 is 0. The summed E-state index contributed by atoms with van der Waals surface area (Å²) < 4.78 is 71.9. The standard InChI is InChI=1S/C46H58N14O6S2/c1-5-59(6-2)29-15-27-47-41-53-43(49-35-17-11-9-12-18-35)57-45(55-41)51-37-25-23-33(39(31-37)67(61,62)63)21-22-34-24-26-38(32-40(34)68(64,65)66)52-46-56-42(48-28-16-30-60(7-3)8-4)54-44(58-46)50-36-19-13-10-14-20-36/h9-14,17-26,31-32H,5-8,15-16,27-30H2,1-4H3,(H,61,62,63)(H,64,65,66)(H3,47,49,51,53,55,57)(H3,48,50,52,54,56,58)/b22-21+. The molecular formula is C46H58N14O6S2. The minimum atomic E-state index is -4.84. The predicted molar refractivity (Wildman–Crippen MR) is 269 cm³/mol. The van der Waals surface area contributed by atoms with Crippen LogP contribution in [0.3, 0.4) is 0 Å². The van der Waals surface area contributed by atoms with E-state index >= 15 is 0 Å². The van der Waals surface area contributed by atoms with E-state index in [4.69, 9.17) is 0 Å². The fourth-order valence-electron chi connectivity index (χ4n) is 6.90. The average molecular weight is 967 g/mol. The van der Waals surface area contributed by atoms with Crippen molar-refractivity contribution in [2.45, 2.75) is 50.3 Å². The smallest absolute Gasteiger partial charge is 0.295 e. The lowest BCUT2D eigenvalue weighted by Crippen LogP contribution is -2.25. The zero-order valence-electron chi connectivity index (χ0n) is 38.4. The second kappa shape index (κ2) is 24.3. The van der Waals surface area contributed by atoms with Crippen LogP contribution < -0.4 is 31.9 Å². The first kappa shape index (κ1) is 50.6. The van der Waals surface area contributed by atoms with E-state index < -0.39 is 30.0 Å². The van der Waals surface area contributed by atoms with E-state index in [1.807, 2.05) is 60.7 Å². The summed E-state index contributed by atoms with van der Waals surface area (Å²) in [7, 11) is -9.68. The summed E-state index contributed by atoms with van der Waals surface area (Å²) in [5.74, 6) is 1.18. The summed E-state index contributed by atoms with van der Waals surface area (Å²) in [4.78, 5) is 30.7. The highest BCUT2D eigenvalue weighted by Gasteiger charge is 2.19. The molecule has 0 fully saturated rings. The SMILES string of the molecule is CCN(CC)CCCNc1nc(Nc2ccccc2)nc(Nc2ccc(/C=C/c3ccc(Nc4nc(NCCCN(CC)CC)nc(Nc5ccccc5)n4)cc3S(=O)(=O)O)c(S(=O)(=O)O)c2)n1. The van der Waals surface area contributed by atoms with Gasteiger partial charge in [-0.25, -0.2) is 0 Å². The fraction of sp³-hybridized carbons (Fsp3) is 0.304. The zero-order chi connectivity index (χ0) is 48.5. The molecule has 0 spiro atoms. The third-order valence-electron chi connectivity index (χ3n) is 10.5.